The van der Waals surface area contributed by atoms with Crippen molar-refractivity contribution >= 4 is 34.3 Å². The molecule has 1 aliphatic rings. The molecule has 5 nitrogen and oxygen atoms in total. The van der Waals surface area contributed by atoms with Crippen LogP contribution >= 0.6 is 11.6 Å². The van der Waals surface area contributed by atoms with E-state index in [9.17, 15) is 4.79 Å². The Labute approximate surface area is 157 Å². The molecule has 2 aromatic carbocycles. The number of aromatic nitrogens is 1. The summed E-state index contributed by atoms with van der Waals surface area (Å²) in [6, 6.07) is 15.2. The second-order valence-corrected chi connectivity index (χ2v) is 6.94. The normalized spacial score (nSPS) is 17.4. The van der Waals surface area contributed by atoms with E-state index in [-0.39, 0.29) is 18.4 Å². The van der Waals surface area contributed by atoms with Gasteiger partial charge in [0.15, 0.2) is 11.5 Å². The maximum Gasteiger partial charge on any atom is 0.241 e. The maximum atomic E-state index is 12.6. The zero-order valence-corrected chi connectivity index (χ0v) is 15.1. The van der Waals surface area contributed by atoms with Gasteiger partial charge in [-0.3, -0.25) is 4.79 Å². The summed E-state index contributed by atoms with van der Waals surface area (Å²) in [6.45, 7) is 1.62. The molecular weight excluding hydrogens is 350 g/mol. The van der Waals surface area contributed by atoms with Crippen LogP contribution in [0.5, 0.6) is 0 Å². The number of halogens is 1. The van der Waals surface area contributed by atoms with Gasteiger partial charge in [0.05, 0.1) is 23.2 Å². The number of amides is 1. The van der Waals surface area contributed by atoms with Gasteiger partial charge in [-0.2, -0.15) is 0 Å². The molecule has 1 amide bonds. The lowest BCUT2D eigenvalue weighted by molar-refractivity contribution is -0.130. The number of anilines is 1. The van der Waals surface area contributed by atoms with Crippen molar-refractivity contribution in [3.63, 3.8) is 0 Å². The van der Waals surface area contributed by atoms with Crippen LogP contribution in [0.15, 0.2) is 52.9 Å². The molecule has 0 spiro atoms. The van der Waals surface area contributed by atoms with Crippen molar-refractivity contribution in [2.24, 2.45) is 0 Å². The number of hydrogen-bond donors (Lipinski definition) is 1. The molecule has 1 fully saturated rings. The van der Waals surface area contributed by atoms with Gasteiger partial charge in [-0.05, 0) is 37.1 Å². The number of carbonyl (C=O) groups excluding carboxylic acids is 1. The molecule has 1 aromatic heterocycles. The fourth-order valence-corrected chi connectivity index (χ4v) is 3.56. The fraction of sp³-hybridized carbons (Fsp3) is 0.300. The van der Waals surface area contributed by atoms with Gasteiger partial charge in [-0.1, -0.05) is 35.9 Å². The number of para-hydroxylation sites is 3. The van der Waals surface area contributed by atoms with Crippen molar-refractivity contribution in [2.75, 3.05) is 25.0 Å². The van der Waals surface area contributed by atoms with E-state index < -0.39 is 0 Å². The van der Waals surface area contributed by atoms with E-state index in [0.29, 0.717) is 11.6 Å². The van der Waals surface area contributed by atoms with Crippen LogP contribution in [-0.4, -0.2) is 35.4 Å². The van der Waals surface area contributed by atoms with E-state index in [1.165, 1.54) is 0 Å². The first-order valence-electron chi connectivity index (χ1n) is 8.82. The Morgan fingerprint density at radius 2 is 2.04 bits per heavy atom. The SMILES string of the molecule is O=C(CNc1ccccc1Cl)N1CCC[C@@H](c2nc3ccccc3o2)C1. The highest BCUT2D eigenvalue weighted by molar-refractivity contribution is 6.33. The highest BCUT2D eigenvalue weighted by Gasteiger charge is 2.28. The van der Waals surface area contributed by atoms with E-state index in [1.807, 2.05) is 47.4 Å². The van der Waals surface area contributed by atoms with Crippen LogP contribution < -0.4 is 5.32 Å². The fourth-order valence-electron chi connectivity index (χ4n) is 3.36. The molecule has 1 atom stereocenters. The third kappa shape index (κ3) is 3.53. The summed E-state index contributed by atoms with van der Waals surface area (Å²) < 4.78 is 5.90. The van der Waals surface area contributed by atoms with Gasteiger partial charge in [-0.25, -0.2) is 4.98 Å². The predicted octanol–water partition coefficient (Wildman–Crippen LogP) is 4.30. The van der Waals surface area contributed by atoms with Crippen LogP contribution in [0, 0.1) is 0 Å². The first-order chi connectivity index (χ1) is 12.7. The molecule has 0 bridgehead atoms. The van der Waals surface area contributed by atoms with Gasteiger partial charge in [0.2, 0.25) is 5.91 Å². The summed E-state index contributed by atoms with van der Waals surface area (Å²) >= 11 is 6.13. The Balaban J connectivity index is 1.41. The Morgan fingerprint density at radius 3 is 2.88 bits per heavy atom. The zero-order valence-electron chi connectivity index (χ0n) is 14.3. The Morgan fingerprint density at radius 1 is 1.23 bits per heavy atom. The van der Waals surface area contributed by atoms with E-state index in [4.69, 9.17) is 16.0 Å². The largest absolute Gasteiger partial charge is 0.440 e. The highest BCUT2D eigenvalue weighted by atomic mass is 35.5. The quantitative estimate of drug-likeness (QED) is 0.744. The number of hydrogen-bond acceptors (Lipinski definition) is 4. The summed E-state index contributed by atoms with van der Waals surface area (Å²) in [5.41, 5.74) is 2.44. The van der Waals surface area contributed by atoms with Gasteiger partial charge in [-0.15, -0.1) is 0 Å². The molecule has 1 saturated heterocycles. The Kier molecular flexibility index (Phi) is 4.80. The number of piperidine rings is 1. The van der Waals surface area contributed by atoms with Crippen LogP contribution in [0.3, 0.4) is 0 Å². The monoisotopic (exact) mass is 369 g/mol. The number of oxazole rings is 1. The third-order valence-corrected chi connectivity index (χ3v) is 5.07. The molecule has 26 heavy (non-hydrogen) atoms. The smallest absolute Gasteiger partial charge is 0.241 e. The molecule has 3 aromatic rings. The number of fused-ring (bicyclic) bond motifs is 1. The average molecular weight is 370 g/mol. The predicted molar refractivity (Wildman–Crippen MR) is 103 cm³/mol. The Hall–Kier alpha value is -2.53. The summed E-state index contributed by atoms with van der Waals surface area (Å²) in [5, 5.41) is 3.74. The van der Waals surface area contributed by atoms with Crippen LogP contribution in [0.25, 0.3) is 11.1 Å². The molecule has 0 unspecified atom stereocenters. The first kappa shape index (κ1) is 16.9. The summed E-state index contributed by atoms with van der Waals surface area (Å²) in [5.74, 6) is 0.925. The molecule has 1 N–H and O–H groups in total. The van der Waals surface area contributed by atoms with Crippen molar-refractivity contribution < 1.29 is 9.21 Å². The number of carbonyl (C=O) groups is 1. The second-order valence-electron chi connectivity index (χ2n) is 6.53. The summed E-state index contributed by atoms with van der Waals surface area (Å²) in [6.07, 6.45) is 1.93. The van der Waals surface area contributed by atoms with Crippen molar-refractivity contribution in [2.45, 2.75) is 18.8 Å². The third-order valence-electron chi connectivity index (χ3n) is 4.74. The van der Waals surface area contributed by atoms with Crippen molar-refractivity contribution in [3.8, 4) is 0 Å². The van der Waals surface area contributed by atoms with Gasteiger partial charge >= 0.3 is 0 Å². The lowest BCUT2D eigenvalue weighted by Crippen LogP contribution is -2.42. The van der Waals surface area contributed by atoms with Gasteiger partial charge in [0.25, 0.3) is 0 Å². The molecule has 0 saturated carbocycles. The number of nitrogens with one attached hydrogen (secondary N) is 1. The second kappa shape index (κ2) is 7.38. The van der Waals surface area contributed by atoms with E-state index >= 15 is 0 Å². The Bertz CT molecular complexity index is 891. The maximum absolute atomic E-state index is 12.6. The van der Waals surface area contributed by atoms with Crippen molar-refractivity contribution in [3.05, 3.63) is 59.4 Å². The first-order valence-corrected chi connectivity index (χ1v) is 9.20. The van der Waals surface area contributed by atoms with Gasteiger partial charge < -0.3 is 14.6 Å². The van der Waals surface area contributed by atoms with Crippen LogP contribution in [0.1, 0.15) is 24.7 Å². The van der Waals surface area contributed by atoms with Crippen LogP contribution in [0.2, 0.25) is 5.02 Å². The van der Waals surface area contributed by atoms with Crippen molar-refractivity contribution in [1.29, 1.82) is 0 Å². The molecule has 2 heterocycles. The molecule has 1 aliphatic heterocycles. The number of likely N-dealkylation sites (tertiary alicyclic amines) is 1. The molecule has 4 rings (SSSR count). The van der Waals surface area contributed by atoms with E-state index in [0.717, 1.165) is 42.1 Å². The van der Waals surface area contributed by atoms with E-state index in [2.05, 4.69) is 10.3 Å². The lowest BCUT2D eigenvalue weighted by atomic mass is 9.98. The van der Waals surface area contributed by atoms with E-state index in [1.54, 1.807) is 6.07 Å². The lowest BCUT2D eigenvalue weighted by Gasteiger charge is -2.31. The summed E-state index contributed by atoms with van der Waals surface area (Å²) in [4.78, 5) is 19.1. The number of benzene rings is 2. The average Bonchev–Trinajstić information content (AvgIpc) is 3.11. The minimum atomic E-state index is 0.0609. The molecule has 0 radical (unpaired) electrons. The van der Waals surface area contributed by atoms with Gasteiger partial charge in [0.1, 0.15) is 5.52 Å². The molecule has 6 heteroatoms. The minimum absolute atomic E-state index is 0.0609. The molecular formula is C20H20ClN3O2. The van der Waals surface area contributed by atoms with Crippen molar-refractivity contribution in [1.82, 2.24) is 9.88 Å². The zero-order chi connectivity index (χ0) is 17.9. The van der Waals surface area contributed by atoms with Gasteiger partial charge in [0, 0.05) is 13.1 Å². The van der Waals surface area contributed by atoms with Crippen LogP contribution in [0.4, 0.5) is 5.69 Å². The molecule has 134 valence electrons. The topological polar surface area (TPSA) is 58.4 Å². The number of rotatable bonds is 4. The number of nitrogens with zero attached hydrogens (tertiary/aromatic N) is 2. The van der Waals surface area contributed by atoms with Crippen LogP contribution in [-0.2, 0) is 4.79 Å². The standard InChI is InChI=1S/C20H20ClN3O2/c21-15-7-1-2-8-16(15)22-12-19(25)24-11-5-6-14(13-24)20-23-17-9-3-4-10-18(17)26-20/h1-4,7-10,14,22H,5-6,11-13H2/t14-/m1/s1. The molecule has 0 aliphatic carbocycles. The summed E-state index contributed by atoms with van der Waals surface area (Å²) in [7, 11) is 0. The minimum Gasteiger partial charge on any atom is -0.440 e. The highest BCUT2D eigenvalue weighted by Crippen LogP contribution is 2.29.